The number of hydrogen-bond donors (Lipinski definition) is 4. The SMILES string of the molecule is CC(N)(C(=O)O)C(=O)Nc1cc[nH+]c(C(N)=CC(=NCc2ccccc2F)c2ccon2)n1. The van der Waals surface area contributed by atoms with Crippen molar-refractivity contribution in [2.45, 2.75) is 19.0 Å². The van der Waals surface area contributed by atoms with Gasteiger partial charge in [-0.2, -0.15) is 0 Å². The van der Waals surface area contributed by atoms with Gasteiger partial charge in [-0.3, -0.25) is 15.1 Å². The monoisotopic (exact) mass is 454 g/mol. The molecule has 170 valence electrons. The van der Waals surface area contributed by atoms with Crippen molar-refractivity contribution in [3.05, 3.63) is 77.8 Å². The standard InChI is InChI=1S/C21H20FN7O4/c1-21(24,20(31)32)19(30)28-17-6-8-25-18(27-17)14(23)10-16(15-7-9-33-29-15)26-11-12-4-2-3-5-13(12)22/h2-10H,11,23-24H2,1H3,(H,31,32)(H,25,27,28,30)/p+1. The van der Waals surface area contributed by atoms with Crippen molar-refractivity contribution in [2.24, 2.45) is 16.5 Å². The lowest BCUT2D eigenvalue weighted by atomic mass is 10.0. The predicted molar refractivity (Wildman–Crippen MR) is 115 cm³/mol. The van der Waals surface area contributed by atoms with Crippen molar-refractivity contribution in [1.82, 2.24) is 10.1 Å². The number of carboxylic acids is 1. The van der Waals surface area contributed by atoms with Crippen LogP contribution in [0.25, 0.3) is 5.70 Å². The average Bonchev–Trinajstić information content (AvgIpc) is 3.32. The van der Waals surface area contributed by atoms with Crippen LogP contribution in [0.2, 0.25) is 0 Å². The molecule has 0 aliphatic heterocycles. The minimum Gasteiger partial charge on any atom is -0.479 e. The van der Waals surface area contributed by atoms with Gasteiger partial charge in [-0.15, -0.1) is 0 Å². The van der Waals surface area contributed by atoms with Crippen molar-refractivity contribution >= 4 is 29.1 Å². The number of aromatic amines is 1. The van der Waals surface area contributed by atoms with Gasteiger partial charge in [-0.05, 0) is 24.1 Å². The fourth-order valence-electron chi connectivity index (χ4n) is 2.51. The largest absolute Gasteiger partial charge is 0.479 e. The van der Waals surface area contributed by atoms with Crippen molar-refractivity contribution in [3.63, 3.8) is 0 Å². The number of rotatable bonds is 8. The van der Waals surface area contributed by atoms with Crippen LogP contribution in [-0.4, -0.2) is 38.4 Å². The summed E-state index contributed by atoms with van der Waals surface area (Å²) in [6.45, 7) is 1.08. The number of aliphatic carboxylic acids is 1. The van der Waals surface area contributed by atoms with Gasteiger partial charge in [-0.25, -0.2) is 14.2 Å². The summed E-state index contributed by atoms with van der Waals surface area (Å²) in [5, 5.41) is 15.3. The Balaban J connectivity index is 1.88. The molecule has 0 saturated carbocycles. The van der Waals surface area contributed by atoms with E-state index < -0.39 is 23.2 Å². The summed E-state index contributed by atoms with van der Waals surface area (Å²) in [7, 11) is 0. The van der Waals surface area contributed by atoms with Gasteiger partial charge < -0.3 is 21.1 Å². The molecule has 12 heteroatoms. The van der Waals surface area contributed by atoms with E-state index in [-0.39, 0.29) is 23.9 Å². The molecule has 11 nitrogen and oxygen atoms in total. The number of benzene rings is 1. The van der Waals surface area contributed by atoms with Crippen molar-refractivity contribution in [3.8, 4) is 0 Å². The molecule has 0 radical (unpaired) electrons. The highest BCUT2D eigenvalue weighted by Gasteiger charge is 2.37. The maximum absolute atomic E-state index is 14.0. The molecular formula is C21H21FN7O4+. The van der Waals surface area contributed by atoms with Crippen LogP contribution in [0, 0.1) is 5.82 Å². The molecule has 3 aromatic rings. The third kappa shape index (κ3) is 5.62. The van der Waals surface area contributed by atoms with Gasteiger partial charge >= 0.3 is 11.8 Å². The highest BCUT2D eigenvalue weighted by molar-refractivity contribution is 6.12. The van der Waals surface area contributed by atoms with Gasteiger partial charge in [0.2, 0.25) is 0 Å². The summed E-state index contributed by atoms with van der Waals surface area (Å²) in [5.74, 6) is -2.69. The van der Waals surface area contributed by atoms with Gasteiger partial charge in [0.15, 0.2) is 5.54 Å². The summed E-state index contributed by atoms with van der Waals surface area (Å²) >= 11 is 0. The number of carboxylic acid groups (broad SMARTS) is 1. The molecule has 7 N–H and O–H groups in total. The van der Waals surface area contributed by atoms with Gasteiger partial charge in [0.25, 0.3) is 11.7 Å². The van der Waals surface area contributed by atoms with E-state index in [0.29, 0.717) is 17.0 Å². The number of nitrogens with one attached hydrogen (secondary N) is 2. The van der Waals surface area contributed by atoms with Gasteiger partial charge in [-0.1, -0.05) is 23.4 Å². The molecule has 33 heavy (non-hydrogen) atoms. The van der Waals surface area contributed by atoms with Crippen LogP contribution in [-0.2, 0) is 16.1 Å². The smallest absolute Gasteiger partial charge is 0.346 e. The molecule has 1 unspecified atom stereocenters. The Morgan fingerprint density at radius 2 is 2.09 bits per heavy atom. The first-order valence-electron chi connectivity index (χ1n) is 9.57. The first-order chi connectivity index (χ1) is 15.7. The van der Waals surface area contributed by atoms with E-state index in [1.165, 1.54) is 30.7 Å². The summed E-state index contributed by atoms with van der Waals surface area (Å²) in [6.07, 6.45) is 4.25. The van der Waals surface area contributed by atoms with Crippen LogP contribution in [0.1, 0.15) is 24.0 Å². The number of aliphatic imine (C=N–C) groups is 1. The molecule has 0 aliphatic rings. The molecule has 2 heterocycles. The zero-order valence-corrected chi connectivity index (χ0v) is 17.4. The van der Waals surface area contributed by atoms with Crippen molar-refractivity contribution < 1.29 is 28.6 Å². The number of amides is 1. The van der Waals surface area contributed by atoms with Gasteiger partial charge in [0.1, 0.15) is 23.5 Å². The van der Waals surface area contributed by atoms with E-state index in [2.05, 4.69) is 25.4 Å². The quantitative estimate of drug-likeness (QED) is 0.284. The van der Waals surface area contributed by atoms with Crippen LogP contribution < -0.4 is 21.8 Å². The Morgan fingerprint density at radius 1 is 1.33 bits per heavy atom. The zero-order chi connectivity index (χ0) is 24.0. The molecule has 0 saturated heterocycles. The Bertz CT molecular complexity index is 1220. The summed E-state index contributed by atoms with van der Waals surface area (Å²) in [6, 6.07) is 9.18. The molecule has 2 aromatic heterocycles. The summed E-state index contributed by atoms with van der Waals surface area (Å²) in [5.41, 5.74) is 10.7. The predicted octanol–water partition coefficient (Wildman–Crippen LogP) is 0.752. The number of allylic oxidation sites excluding steroid dienone is 1. The van der Waals surface area contributed by atoms with Gasteiger partial charge in [0.05, 0.1) is 18.5 Å². The number of anilines is 1. The van der Waals surface area contributed by atoms with E-state index in [1.807, 2.05) is 0 Å². The van der Waals surface area contributed by atoms with Crippen LogP contribution in [0.15, 0.2) is 64.4 Å². The number of nitrogens with two attached hydrogens (primary N) is 2. The third-order valence-electron chi connectivity index (χ3n) is 4.49. The third-order valence-corrected chi connectivity index (χ3v) is 4.49. The normalized spacial score (nSPS) is 13.9. The van der Waals surface area contributed by atoms with Crippen LogP contribution >= 0.6 is 0 Å². The van der Waals surface area contributed by atoms with E-state index in [0.717, 1.165) is 6.92 Å². The number of nitrogens with zero attached hydrogens (tertiary/aromatic N) is 3. The fraction of sp³-hybridized carbons (Fsp3) is 0.143. The Morgan fingerprint density at radius 3 is 2.76 bits per heavy atom. The number of aromatic nitrogens is 3. The Hall–Kier alpha value is -4.45. The number of carbonyl (C=O) groups is 2. The fourth-order valence-corrected chi connectivity index (χ4v) is 2.51. The van der Waals surface area contributed by atoms with E-state index in [9.17, 15) is 14.0 Å². The molecule has 0 bridgehead atoms. The second-order valence-corrected chi connectivity index (χ2v) is 7.06. The number of carbonyl (C=O) groups excluding carboxylic acids is 1. The highest BCUT2D eigenvalue weighted by Crippen LogP contribution is 2.12. The molecule has 1 atom stereocenters. The lowest BCUT2D eigenvalue weighted by Crippen LogP contribution is -2.55. The molecule has 1 amide bonds. The zero-order valence-electron chi connectivity index (χ0n) is 17.4. The van der Waals surface area contributed by atoms with E-state index in [1.54, 1.807) is 24.3 Å². The second kappa shape index (κ2) is 9.78. The molecule has 0 fully saturated rings. The summed E-state index contributed by atoms with van der Waals surface area (Å²) < 4.78 is 18.8. The van der Waals surface area contributed by atoms with Crippen LogP contribution in [0.5, 0.6) is 0 Å². The maximum Gasteiger partial charge on any atom is 0.346 e. The lowest BCUT2D eigenvalue weighted by molar-refractivity contribution is -0.386. The first-order valence-corrected chi connectivity index (χ1v) is 9.57. The molecular weight excluding hydrogens is 433 g/mol. The topological polar surface area (TPSA) is 184 Å². The van der Waals surface area contributed by atoms with Crippen molar-refractivity contribution in [2.75, 3.05) is 5.32 Å². The number of halogens is 1. The molecule has 1 aromatic carbocycles. The minimum absolute atomic E-state index is 0.0225. The maximum atomic E-state index is 14.0. The first kappa shape index (κ1) is 23.2. The number of H-pyrrole nitrogens is 1. The van der Waals surface area contributed by atoms with Gasteiger partial charge in [0, 0.05) is 17.7 Å². The van der Waals surface area contributed by atoms with E-state index >= 15 is 0 Å². The van der Waals surface area contributed by atoms with E-state index in [4.69, 9.17) is 21.1 Å². The summed E-state index contributed by atoms with van der Waals surface area (Å²) in [4.78, 5) is 34.7. The highest BCUT2D eigenvalue weighted by atomic mass is 19.1. The Kier molecular flexibility index (Phi) is 6.88. The second-order valence-electron chi connectivity index (χ2n) is 7.06. The number of hydrogen-bond acceptors (Lipinski definition) is 8. The lowest BCUT2D eigenvalue weighted by Gasteiger charge is -2.16. The Labute approximate surface area is 187 Å². The van der Waals surface area contributed by atoms with Crippen LogP contribution in [0.3, 0.4) is 0 Å². The molecule has 0 spiro atoms. The van der Waals surface area contributed by atoms with Crippen molar-refractivity contribution in [1.29, 1.82) is 0 Å². The molecule has 0 aliphatic carbocycles. The average molecular weight is 454 g/mol. The minimum atomic E-state index is -2.15. The molecule has 3 rings (SSSR count). The van der Waals surface area contributed by atoms with Crippen LogP contribution in [0.4, 0.5) is 10.2 Å².